The van der Waals surface area contributed by atoms with Crippen LogP contribution >= 0.6 is 0 Å². The summed E-state index contributed by atoms with van der Waals surface area (Å²) in [5.41, 5.74) is 3.36. The normalized spacial score (nSPS) is 9.69. The summed E-state index contributed by atoms with van der Waals surface area (Å²) in [6, 6.07) is 7.25. The molecule has 0 atom stereocenters. The predicted octanol–water partition coefficient (Wildman–Crippen LogP) is 0.784. The van der Waals surface area contributed by atoms with E-state index in [1.807, 2.05) is 24.6 Å². The maximum absolute atomic E-state index is 11.3. The summed E-state index contributed by atoms with van der Waals surface area (Å²) in [5.74, 6) is 4.41. The van der Waals surface area contributed by atoms with Crippen molar-refractivity contribution in [1.82, 2.24) is 5.59 Å². The first kappa shape index (κ1) is 9.70. The molecule has 0 radical (unpaired) electrons. The van der Waals surface area contributed by atoms with Crippen LogP contribution in [0.4, 0.5) is 0 Å². The molecule has 0 heterocycles. The van der Waals surface area contributed by atoms with E-state index in [1.54, 1.807) is 12.1 Å². The minimum atomic E-state index is -0.458. The third kappa shape index (κ3) is 2.27. The van der Waals surface area contributed by atoms with Gasteiger partial charge in [0, 0.05) is 0 Å². The molecule has 0 amide bonds. The van der Waals surface area contributed by atoms with Gasteiger partial charge < -0.3 is 4.84 Å². The van der Waals surface area contributed by atoms with E-state index >= 15 is 0 Å². The fourth-order valence-corrected chi connectivity index (χ4v) is 1.14. The van der Waals surface area contributed by atoms with Crippen LogP contribution < -0.4 is 11.4 Å². The van der Waals surface area contributed by atoms with Crippen molar-refractivity contribution in [2.75, 3.05) is 0 Å². The van der Waals surface area contributed by atoms with E-state index in [1.165, 1.54) is 0 Å². The highest BCUT2D eigenvalue weighted by Gasteiger charge is 2.10. The zero-order chi connectivity index (χ0) is 9.68. The molecule has 1 aromatic carbocycles. The van der Waals surface area contributed by atoms with E-state index in [2.05, 4.69) is 4.84 Å². The number of aryl methyl sites for hydroxylation is 1. The second-order valence-corrected chi connectivity index (χ2v) is 2.52. The topological polar surface area (TPSA) is 64.3 Å². The Balaban J connectivity index is 2.92. The molecular weight excluding hydrogens is 168 g/mol. The van der Waals surface area contributed by atoms with Crippen molar-refractivity contribution in [2.24, 2.45) is 5.84 Å². The number of hydrogen-bond donors (Lipinski definition) is 2. The number of hydrazine groups is 1. The largest absolute Gasteiger partial charge is 0.358 e. The fourth-order valence-electron chi connectivity index (χ4n) is 1.14. The molecule has 4 heteroatoms. The summed E-state index contributed by atoms with van der Waals surface area (Å²) in [4.78, 5) is 15.7. The zero-order valence-electron chi connectivity index (χ0n) is 7.41. The van der Waals surface area contributed by atoms with E-state index in [0.29, 0.717) is 5.56 Å². The Morgan fingerprint density at radius 3 is 2.85 bits per heavy atom. The molecule has 13 heavy (non-hydrogen) atoms. The molecule has 1 rings (SSSR count). The van der Waals surface area contributed by atoms with Gasteiger partial charge in [-0.25, -0.2) is 10.6 Å². The lowest BCUT2D eigenvalue weighted by Crippen LogP contribution is -2.26. The SMILES string of the molecule is CCc1ccccc1C(=O)ONN. The van der Waals surface area contributed by atoms with Crippen LogP contribution in [0.3, 0.4) is 0 Å². The molecule has 1 aromatic rings. The number of rotatable bonds is 3. The van der Waals surface area contributed by atoms with Gasteiger partial charge in [0.25, 0.3) is 0 Å². The van der Waals surface area contributed by atoms with Crippen molar-refractivity contribution in [2.45, 2.75) is 13.3 Å². The summed E-state index contributed by atoms with van der Waals surface area (Å²) in [7, 11) is 0. The van der Waals surface area contributed by atoms with Crippen molar-refractivity contribution < 1.29 is 9.63 Å². The summed E-state index contributed by atoms with van der Waals surface area (Å²) in [5, 5.41) is 0. The second kappa shape index (κ2) is 4.59. The first-order valence-corrected chi connectivity index (χ1v) is 4.04. The Morgan fingerprint density at radius 2 is 2.23 bits per heavy atom. The van der Waals surface area contributed by atoms with Gasteiger partial charge in [-0.05, 0) is 18.1 Å². The van der Waals surface area contributed by atoms with Gasteiger partial charge in [-0.3, -0.25) is 0 Å². The number of nitrogens with one attached hydrogen (secondary N) is 1. The van der Waals surface area contributed by atoms with Crippen molar-refractivity contribution in [3.8, 4) is 0 Å². The Kier molecular flexibility index (Phi) is 3.42. The van der Waals surface area contributed by atoms with Crippen LogP contribution in [-0.4, -0.2) is 5.97 Å². The second-order valence-electron chi connectivity index (χ2n) is 2.52. The first-order valence-electron chi connectivity index (χ1n) is 4.04. The number of carbonyl (C=O) groups excluding carboxylic acids is 1. The van der Waals surface area contributed by atoms with E-state index in [0.717, 1.165) is 12.0 Å². The third-order valence-electron chi connectivity index (χ3n) is 1.77. The molecule has 0 aliphatic rings. The molecule has 4 nitrogen and oxygen atoms in total. The third-order valence-corrected chi connectivity index (χ3v) is 1.77. The molecule has 0 bridgehead atoms. The molecule has 0 saturated carbocycles. The van der Waals surface area contributed by atoms with Gasteiger partial charge in [0.1, 0.15) is 0 Å². The minimum Gasteiger partial charge on any atom is -0.351 e. The first-order chi connectivity index (χ1) is 6.29. The van der Waals surface area contributed by atoms with E-state index in [4.69, 9.17) is 5.84 Å². The summed E-state index contributed by atoms with van der Waals surface area (Å²) < 4.78 is 0. The van der Waals surface area contributed by atoms with Crippen LogP contribution in [-0.2, 0) is 11.3 Å². The number of benzene rings is 1. The highest BCUT2D eigenvalue weighted by molar-refractivity contribution is 5.90. The van der Waals surface area contributed by atoms with Crippen molar-refractivity contribution in [1.29, 1.82) is 0 Å². The average molecular weight is 180 g/mol. The zero-order valence-corrected chi connectivity index (χ0v) is 7.41. The highest BCUT2D eigenvalue weighted by atomic mass is 16.7. The molecule has 0 aliphatic heterocycles. The Hall–Kier alpha value is -1.39. The van der Waals surface area contributed by atoms with Crippen molar-refractivity contribution in [3.05, 3.63) is 35.4 Å². The average Bonchev–Trinajstić information content (AvgIpc) is 2.18. The van der Waals surface area contributed by atoms with Gasteiger partial charge in [-0.2, -0.15) is 0 Å². The van der Waals surface area contributed by atoms with E-state index in [-0.39, 0.29) is 0 Å². The number of carbonyl (C=O) groups is 1. The molecule has 3 N–H and O–H groups in total. The van der Waals surface area contributed by atoms with Crippen molar-refractivity contribution in [3.63, 3.8) is 0 Å². The van der Waals surface area contributed by atoms with Crippen LogP contribution in [0.2, 0.25) is 0 Å². The van der Waals surface area contributed by atoms with Gasteiger partial charge in [0.15, 0.2) is 0 Å². The van der Waals surface area contributed by atoms with Gasteiger partial charge in [-0.15, -0.1) is 0 Å². The van der Waals surface area contributed by atoms with Crippen LogP contribution in [0.25, 0.3) is 0 Å². The lowest BCUT2D eigenvalue weighted by atomic mass is 10.1. The van der Waals surface area contributed by atoms with Gasteiger partial charge in [-0.1, -0.05) is 30.7 Å². The predicted molar refractivity (Wildman–Crippen MR) is 48.6 cm³/mol. The Morgan fingerprint density at radius 1 is 1.54 bits per heavy atom. The Labute approximate surface area is 76.6 Å². The molecular formula is C9H12N2O2. The Bertz CT molecular complexity index is 299. The van der Waals surface area contributed by atoms with Crippen LogP contribution in [0.5, 0.6) is 0 Å². The molecule has 0 unspecified atom stereocenters. The lowest BCUT2D eigenvalue weighted by molar-refractivity contribution is 0.0253. The van der Waals surface area contributed by atoms with Crippen molar-refractivity contribution >= 4 is 5.97 Å². The van der Waals surface area contributed by atoms with Crippen LogP contribution in [0.1, 0.15) is 22.8 Å². The van der Waals surface area contributed by atoms with E-state index < -0.39 is 5.97 Å². The molecule has 0 aromatic heterocycles. The van der Waals surface area contributed by atoms with Crippen LogP contribution in [0, 0.1) is 0 Å². The number of hydrogen-bond acceptors (Lipinski definition) is 4. The lowest BCUT2D eigenvalue weighted by Gasteiger charge is -2.05. The van der Waals surface area contributed by atoms with E-state index in [9.17, 15) is 4.79 Å². The molecule has 0 saturated heterocycles. The molecule has 0 spiro atoms. The van der Waals surface area contributed by atoms with Gasteiger partial charge in [0.2, 0.25) is 0 Å². The van der Waals surface area contributed by atoms with Crippen LogP contribution in [0.15, 0.2) is 24.3 Å². The summed E-state index contributed by atoms with van der Waals surface area (Å²) in [6.07, 6.45) is 0.788. The minimum absolute atomic E-state index is 0.458. The maximum Gasteiger partial charge on any atom is 0.358 e. The van der Waals surface area contributed by atoms with Gasteiger partial charge in [0.05, 0.1) is 5.56 Å². The fraction of sp³-hybridized carbons (Fsp3) is 0.222. The number of nitrogens with two attached hydrogens (primary N) is 1. The standard InChI is InChI=1S/C9H12N2O2/c1-2-7-5-3-4-6-8(7)9(12)13-11-10/h3-6,11H,2,10H2,1H3. The monoisotopic (exact) mass is 180 g/mol. The summed E-state index contributed by atoms with van der Waals surface area (Å²) in [6.45, 7) is 1.97. The molecule has 0 aliphatic carbocycles. The smallest absolute Gasteiger partial charge is 0.351 e. The molecule has 70 valence electrons. The summed E-state index contributed by atoms with van der Waals surface area (Å²) >= 11 is 0. The molecule has 0 fully saturated rings. The van der Waals surface area contributed by atoms with Gasteiger partial charge >= 0.3 is 5.97 Å². The quantitative estimate of drug-likeness (QED) is 0.533. The maximum atomic E-state index is 11.3. The highest BCUT2D eigenvalue weighted by Crippen LogP contribution is 2.09.